The molecule has 0 aromatic heterocycles. The van der Waals surface area contributed by atoms with Gasteiger partial charge in [0.1, 0.15) is 0 Å². The molecule has 0 aliphatic rings. The van der Waals surface area contributed by atoms with Gasteiger partial charge in [-0.05, 0) is 80.8 Å². The Hall–Kier alpha value is -3.20. The quantitative estimate of drug-likeness (QED) is 0.138. The maximum absolute atomic E-state index is 14.1. The first-order valence-electron chi connectivity index (χ1n) is 12.9. The molecule has 3 aromatic rings. The first kappa shape index (κ1) is 35.3. The van der Waals surface area contributed by atoms with Crippen LogP contribution in [0.15, 0.2) is 66.7 Å². The van der Waals surface area contributed by atoms with Gasteiger partial charge in [0, 0.05) is 12.2 Å². The van der Waals surface area contributed by atoms with Gasteiger partial charge in [-0.2, -0.15) is 52.7 Å². The van der Waals surface area contributed by atoms with E-state index >= 15 is 0 Å². The monoisotopic (exact) mass is 644 g/mol. The summed E-state index contributed by atoms with van der Waals surface area (Å²) in [5.41, 5.74) is -9.63. The van der Waals surface area contributed by atoms with Crippen molar-refractivity contribution in [1.29, 1.82) is 0 Å². The minimum atomic E-state index is -5.41. The molecule has 3 aromatic carbocycles. The lowest BCUT2D eigenvalue weighted by atomic mass is 9.47. The highest BCUT2D eigenvalue weighted by Crippen LogP contribution is 2.49. The van der Waals surface area contributed by atoms with Crippen molar-refractivity contribution in [3.05, 3.63) is 106 Å². The molecule has 240 valence electrons. The lowest BCUT2D eigenvalue weighted by Gasteiger charge is -2.41. The molecule has 0 aliphatic heterocycles. The van der Waals surface area contributed by atoms with Crippen molar-refractivity contribution in [2.24, 2.45) is 0 Å². The molecule has 0 saturated carbocycles. The van der Waals surface area contributed by atoms with Crippen molar-refractivity contribution in [3.8, 4) is 0 Å². The van der Waals surface area contributed by atoms with Crippen LogP contribution in [0.1, 0.15) is 66.6 Å². The van der Waals surface area contributed by atoms with Crippen molar-refractivity contribution in [2.75, 3.05) is 0 Å². The van der Waals surface area contributed by atoms with Crippen LogP contribution in [0.5, 0.6) is 0 Å². The van der Waals surface area contributed by atoms with Gasteiger partial charge in [-0.25, -0.2) is 0 Å². The zero-order valence-electron chi connectivity index (χ0n) is 23.4. The number of alkyl halides is 12. The minimum Gasteiger partial charge on any atom is -0.408 e. The largest absolute Gasteiger partial charge is 0.478 e. The van der Waals surface area contributed by atoms with Crippen molar-refractivity contribution in [2.45, 2.75) is 69.9 Å². The number of halogens is 12. The van der Waals surface area contributed by atoms with E-state index in [2.05, 4.69) is 0 Å². The molecule has 0 bridgehead atoms. The van der Waals surface area contributed by atoms with E-state index in [9.17, 15) is 52.7 Å². The van der Waals surface area contributed by atoms with E-state index in [1.54, 1.807) is 0 Å². The van der Waals surface area contributed by atoms with Crippen LogP contribution in [0.4, 0.5) is 52.7 Å². The molecule has 0 saturated heterocycles. The highest BCUT2D eigenvalue weighted by molar-refractivity contribution is 6.51. The van der Waals surface area contributed by atoms with Gasteiger partial charge in [-0.1, -0.05) is 30.3 Å². The van der Waals surface area contributed by atoms with Gasteiger partial charge < -0.3 is 9.31 Å². The molecule has 0 fully saturated rings. The molecular formula is C29H25BF12O2. The van der Waals surface area contributed by atoms with Crippen molar-refractivity contribution >= 4 is 7.12 Å². The Bertz CT molecular complexity index is 1280. The minimum absolute atomic E-state index is 0.200. The molecule has 0 amide bonds. The Labute approximate surface area is 245 Å². The summed E-state index contributed by atoms with van der Waals surface area (Å²) in [6.45, 7) is 5.58. The fourth-order valence-electron chi connectivity index (χ4n) is 4.71. The Morgan fingerprint density at radius 2 is 0.705 bits per heavy atom. The van der Waals surface area contributed by atoms with E-state index in [1.165, 1.54) is 45.9 Å². The number of hydrogen-bond donors (Lipinski definition) is 0. The predicted molar refractivity (Wildman–Crippen MR) is 137 cm³/mol. The molecule has 0 unspecified atom stereocenters. The second-order valence-electron chi connectivity index (χ2n) is 10.5. The second kappa shape index (κ2) is 12.3. The van der Waals surface area contributed by atoms with Crippen LogP contribution >= 0.6 is 0 Å². The summed E-state index contributed by atoms with van der Waals surface area (Å²) < 4.78 is 180. The molecule has 0 heterocycles. The number of rotatable bonds is 8. The van der Waals surface area contributed by atoms with Crippen molar-refractivity contribution in [3.63, 3.8) is 0 Å². The van der Waals surface area contributed by atoms with Crippen LogP contribution in [-0.4, -0.2) is 19.3 Å². The van der Waals surface area contributed by atoms with Crippen LogP contribution in [0.25, 0.3) is 0 Å². The van der Waals surface area contributed by atoms with Gasteiger partial charge in [0.25, 0.3) is 0 Å². The first-order valence-corrected chi connectivity index (χ1v) is 12.9. The molecule has 2 nitrogen and oxygen atoms in total. The summed E-state index contributed by atoms with van der Waals surface area (Å²) in [5.74, 6) is 0. The highest BCUT2D eigenvalue weighted by Gasteiger charge is 2.54. The summed E-state index contributed by atoms with van der Waals surface area (Å²) in [7, 11) is -2.04. The van der Waals surface area contributed by atoms with Crippen LogP contribution in [-0.2, 0) is 39.3 Å². The van der Waals surface area contributed by atoms with E-state index in [1.807, 2.05) is 0 Å². The zero-order valence-corrected chi connectivity index (χ0v) is 23.4. The highest BCUT2D eigenvalue weighted by atomic mass is 19.4. The SMILES string of the molecule is CC(C)OB(OC(C)C)C(c1ccccc1)(c1cc(C(F)(F)F)cc(C(F)(F)F)c1)c1cc(C(F)(F)F)cc(C(F)(F)F)c1. The summed E-state index contributed by atoms with van der Waals surface area (Å²) in [4.78, 5) is 0. The van der Waals surface area contributed by atoms with E-state index in [0.29, 0.717) is 0 Å². The van der Waals surface area contributed by atoms with E-state index in [0.717, 1.165) is 12.1 Å². The Balaban J connectivity index is 2.75. The molecule has 0 spiro atoms. The number of benzene rings is 3. The summed E-state index contributed by atoms with van der Waals surface area (Å²) >= 11 is 0. The third-order valence-electron chi connectivity index (χ3n) is 6.46. The maximum atomic E-state index is 14.1. The molecule has 0 aliphatic carbocycles. The third-order valence-corrected chi connectivity index (χ3v) is 6.46. The topological polar surface area (TPSA) is 18.5 Å². The van der Waals surface area contributed by atoms with Crippen LogP contribution in [0.3, 0.4) is 0 Å². The molecule has 15 heteroatoms. The fraction of sp³-hybridized carbons (Fsp3) is 0.379. The Morgan fingerprint density at radius 1 is 0.432 bits per heavy atom. The van der Waals surface area contributed by atoms with Crippen LogP contribution in [0.2, 0.25) is 0 Å². The fourth-order valence-corrected chi connectivity index (χ4v) is 4.71. The van der Waals surface area contributed by atoms with Gasteiger partial charge in [-0.15, -0.1) is 0 Å². The molecular weight excluding hydrogens is 619 g/mol. The van der Waals surface area contributed by atoms with Gasteiger partial charge >= 0.3 is 31.8 Å². The Kier molecular flexibility index (Phi) is 9.86. The average Bonchev–Trinajstić information content (AvgIpc) is 2.87. The van der Waals surface area contributed by atoms with E-state index < -0.39 is 82.7 Å². The van der Waals surface area contributed by atoms with E-state index in [-0.39, 0.29) is 42.0 Å². The third kappa shape index (κ3) is 7.71. The van der Waals surface area contributed by atoms with Crippen LogP contribution < -0.4 is 0 Å². The summed E-state index contributed by atoms with van der Waals surface area (Å²) in [5, 5.41) is -2.75. The predicted octanol–water partition coefficient (Wildman–Crippen LogP) is 9.97. The van der Waals surface area contributed by atoms with Crippen molar-refractivity contribution in [1.82, 2.24) is 0 Å². The zero-order chi connectivity index (χ0) is 33.5. The number of hydrogen-bond acceptors (Lipinski definition) is 2. The van der Waals surface area contributed by atoms with Crippen molar-refractivity contribution < 1.29 is 62.0 Å². The molecule has 0 N–H and O–H groups in total. The van der Waals surface area contributed by atoms with Crippen LogP contribution in [0, 0.1) is 0 Å². The van der Waals surface area contributed by atoms with Gasteiger partial charge in [-0.3, -0.25) is 0 Å². The average molecular weight is 644 g/mol. The molecule has 0 atom stereocenters. The molecule has 3 rings (SSSR count). The maximum Gasteiger partial charge on any atom is 0.478 e. The lowest BCUT2D eigenvalue weighted by molar-refractivity contribution is -0.144. The van der Waals surface area contributed by atoms with E-state index in [4.69, 9.17) is 9.31 Å². The molecule has 0 radical (unpaired) electrons. The molecule has 44 heavy (non-hydrogen) atoms. The standard InChI is InChI=1S/C29H25BF12O2/c1-16(2)43-30(44-17(3)4)25(18-8-6-5-7-9-18,19-10-21(26(31,32)33)14-22(11-19)27(34,35)36)20-12-23(28(37,38)39)15-24(13-20)29(40,41)42/h5-17H,1-4H3. The smallest absolute Gasteiger partial charge is 0.408 e. The lowest BCUT2D eigenvalue weighted by Crippen LogP contribution is -2.52. The Morgan fingerprint density at radius 3 is 0.955 bits per heavy atom. The normalized spacial score (nSPS) is 13.6. The first-order chi connectivity index (χ1) is 20.0. The summed E-state index contributed by atoms with van der Waals surface area (Å²) in [6, 6.07) is 6.78. The van der Waals surface area contributed by atoms with Gasteiger partial charge in [0.2, 0.25) is 0 Å². The van der Waals surface area contributed by atoms with Gasteiger partial charge in [0.05, 0.1) is 27.6 Å². The van der Waals surface area contributed by atoms with Gasteiger partial charge in [0.15, 0.2) is 0 Å². The second-order valence-corrected chi connectivity index (χ2v) is 10.5. The summed E-state index contributed by atoms with van der Waals surface area (Å²) in [6.07, 6.45) is -23.5.